The average molecular weight is 505 g/mol. The quantitative estimate of drug-likeness (QED) is 0.176. The van der Waals surface area contributed by atoms with E-state index in [-0.39, 0.29) is 0 Å². The number of nitrogens with zero attached hydrogens (tertiary/aromatic N) is 2. The Morgan fingerprint density at radius 2 is 1.11 bits per heavy atom. The highest BCUT2D eigenvalue weighted by Gasteiger charge is 2.14. The van der Waals surface area contributed by atoms with Crippen molar-refractivity contribution in [1.29, 1.82) is 0 Å². The van der Waals surface area contributed by atoms with E-state index in [2.05, 4.69) is 85.0 Å². The largest absolute Gasteiger partial charge is 0.355 e. The molecule has 5 heterocycles. The first kappa shape index (κ1) is 26.0. The van der Waals surface area contributed by atoms with Gasteiger partial charge in [0.15, 0.2) is 0 Å². The standard InChI is InChI=1S/C34H40N4/c1-4-7-9-11-13-27-31-17-15-24(35-31)23-25-16-18-32(36-25)28(14-12-10-8-5-2)34-22-20-30(38-34)26(6-3)29-19-21-33(27)37-29/h6,15-23,35-36H,3-5,7-14H2,1-2H3. The molecular formula is C34H40N4. The number of unbranched alkanes of at least 4 members (excludes halogenated alkanes) is 6. The number of nitrogens with one attached hydrogen (secondary N) is 2. The Bertz CT molecular complexity index is 1400. The SMILES string of the molecule is C=Cc1c2nc(c(CCCCCC)c3ccc(cc4ccc([nH]4)c(CCCCCC)c4nc1C=C4)[nH]3)C=C2. The number of aryl methyl sites for hydroxylation is 2. The molecule has 196 valence electrons. The minimum Gasteiger partial charge on any atom is -0.355 e. The summed E-state index contributed by atoms with van der Waals surface area (Å²) in [6.45, 7) is 8.65. The van der Waals surface area contributed by atoms with E-state index >= 15 is 0 Å². The van der Waals surface area contributed by atoms with Crippen LogP contribution in [0.1, 0.15) is 105 Å². The summed E-state index contributed by atoms with van der Waals surface area (Å²) in [5.41, 5.74) is 11.9. The van der Waals surface area contributed by atoms with Crippen LogP contribution in [0.3, 0.4) is 0 Å². The van der Waals surface area contributed by atoms with Gasteiger partial charge in [0.25, 0.3) is 0 Å². The molecule has 0 amide bonds. The van der Waals surface area contributed by atoms with Crippen molar-refractivity contribution in [3.8, 4) is 0 Å². The van der Waals surface area contributed by atoms with Gasteiger partial charge in [-0.25, -0.2) is 9.97 Å². The van der Waals surface area contributed by atoms with Gasteiger partial charge in [-0.2, -0.15) is 0 Å². The molecule has 2 N–H and O–H groups in total. The van der Waals surface area contributed by atoms with Crippen molar-refractivity contribution in [1.82, 2.24) is 19.9 Å². The van der Waals surface area contributed by atoms with Crippen LogP contribution < -0.4 is 0 Å². The number of H-pyrrole nitrogens is 2. The topological polar surface area (TPSA) is 57.4 Å². The Kier molecular flexibility index (Phi) is 8.37. The van der Waals surface area contributed by atoms with E-state index < -0.39 is 0 Å². The molecule has 38 heavy (non-hydrogen) atoms. The molecule has 4 nitrogen and oxygen atoms in total. The zero-order chi connectivity index (χ0) is 26.3. The highest BCUT2D eigenvalue weighted by molar-refractivity contribution is 5.85. The van der Waals surface area contributed by atoms with Crippen molar-refractivity contribution in [2.75, 3.05) is 0 Å². The highest BCUT2D eigenvalue weighted by atomic mass is 14.8. The van der Waals surface area contributed by atoms with Gasteiger partial charge in [-0.05, 0) is 80.3 Å². The third kappa shape index (κ3) is 5.75. The third-order valence-electron chi connectivity index (χ3n) is 7.59. The van der Waals surface area contributed by atoms with Crippen molar-refractivity contribution in [2.24, 2.45) is 0 Å². The molecule has 0 atom stereocenters. The smallest absolute Gasteiger partial charge is 0.0731 e. The van der Waals surface area contributed by atoms with Crippen molar-refractivity contribution >= 4 is 52.4 Å². The van der Waals surface area contributed by atoms with Gasteiger partial charge in [0, 0.05) is 38.8 Å². The first-order valence-corrected chi connectivity index (χ1v) is 14.4. The molecule has 4 heteroatoms. The molecule has 2 aliphatic heterocycles. The maximum atomic E-state index is 5.11. The molecule has 0 saturated carbocycles. The van der Waals surface area contributed by atoms with Crippen LogP contribution in [-0.2, 0) is 12.8 Å². The van der Waals surface area contributed by atoms with Gasteiger partial charge in [0.05, 0.1) is 22.8 Å². The van der Waals surface area contributed by atoms with E-state index in [0.29, 0.717) is 0 Å². The lowest BCUT2D eigenvalue weighted by Crippen LogP contribution is -1.93. The van der Waals surface area contributed by atoms with E-state index in [9.17, 15) is 0 Å². The Labute approximate surface area is 226 Å². The number of aromatic amines is 2. The van der Waals surface area contributed by atoms with Gasteiger partial charge in [-0.15, -0.1) is 0 Å². The van der Waals surface area contributed by atoms with Crippen molar-refractivity contribution in [3.63, 3.8) is 0 Å². The van der Waals surface area contributed by atoms with Crippen LogP contribution in [0.25, 0.3) is 52.4 Å². The maximum Gasteiger partial charge on any atom is 0.0731 e. The Hall–Kier alpha value is -3.66. The third-order valence-corrected chi connectivity index (χ3v) is 7.59. The lowest BCUT2D eigenvalue weighted by molar-refractivity contribution is 0.667. The number of hydrogen-bond donors (Lipinski definition) is 2. The predicted molar refractivity (Wildman–Crippen MR) is 165 cm³/mol. The molecule has 2 aliphatic rings. The first-order chi connectivity index (χ1) is 18.7. The van der Waals surface area contributed by atoms with Gasteiger partial charge in [-0.3, -0.25) is 0 Å². The van der Waals surface area contributed by atoms with Gasteiger partial charge < -0.3 is 9.97 Å². The molecule has 8 bridgehead atoms. The number of hydrogen-bond acceptors (Lipinski definition) is 2. The number of fused-ring (bicyclic) bond motifs is 8. The molecule has 0 aliphatic carbocycles. The van der Waals surface area contributed by atoms with Crippen LogP contribution in [0, 0.1) is 0 Å². The fourth-order valence-corrected chi connectivity index (χ4v) is 5.47. The minimum atomic E-state index is 0.933. The van der Waals surface area contributed by atoms with Crippen molar-refractivity contribution in [3.05, 3.63) is 76.4 Å². The second-order valence-electron chi connectivity index (χ2n) is 10.4. The summed E-state index contributed by atoms with van der Waals surface area (Å²) in [7, 11) is 0. The average Bonchev–Trinajstić information content (AvgIpc) is 3.73. The summed E-state index contributed by atoms with van der Waals surface area (Å²) in [5, 5.41) is 0. The van der Waals surface area contributed by atoms with E-state index in [1.54, 1.807) is 0 Å². The van der Waals surface area contributed by atoms with Gasteiger partial charge >= 0.3 is 0 Å². The summed E-state index contributed by atoms with van der Waals surface area (Å²) in [6.07, 6.45) is 22.2. The van der Waals surface area contributed by atoms with E-state index in [0.717, 1.165) is 76.1 Å². The second kappa shape index (κ2) is 12.3. The van der Waals surface area contributed by atoms with Gasteiger partial charge in [-0.1, -0.05) is 65.0 Å². The molecule has 0 radical (unpaired) electrons. The summed E-state index contributed by atoms with van der Waals surface area (Å²) < 4.78 is 0. The van der Waals surface area contributed by atoms with Gasteiger partial charge in [0.2, 0.25) is 0 Å². The molecule has 0 spiro atoms. The Morgan fingerprint density at radius 3 is 1.55 bits per heavy atom. The Balaban J connectivity index is 1.73. The molecule has 3 aromatic rings. The van der Waals surface area contributed by atoms with Crippen LogP contribution in [0.2, 0.25) is 0 Å². The van der Waals surface area contributed by atoms with E-state index in [1.165, 1.54) is 49.7 Å². The molecular weight excluding hydrogens is 464 g/mol. The zero-order valence-electron chi connectivity index (χ0n) is 22.9. The fourth-order valence-electron chi connectivity index (χ4n) is 5.47. The lowest BCUT2D eigenvalue weighted by Gasteiger charge is -2.04. The maximum absolute atomic E-state index is 5.11. The van der Waals surface area contributed by atoms with Crippen LogP contribution in [0.15, 0.2) is 36.9 Å². The van der Waals surface area contributed by atoms with E-state index in [4.69, 9.17) is 9.97 Å². The number of aromatic nitrogens is 4. The molecule has 0 saturated heterocycles. The Morgan fingerprint density at radius 1 is 0.632 bits per heavy atom. The van der Waals surface area contributed by atoms with Crippen LogP contribution in [0.4, 0.5) is 0 Å². The molecule has 3 aromatic heterocycles. The van der Waals surface area contributed by atoms with Crippen LogP contribution in [-0.4, -0.2) is 19.9 Å². The monoisotopic (exact) mass is 504 g/mol. The molecule has 0 fully saturated rings. The summed E-state index contributed by atoms with van der Waals surface area (Å²) in [5.74, 6) is 0. The lowest BCUT2D eigenvalue weighted by atomic mass is 10.0. The predicted octanol–water partition coefficient (Wildman–Crippen LogP) is 9.54. The summed E-state index contributed by atoms with van der Waals surface area (Å²) >= 11 is 0. The van der Waals surface area contributed by atoms with Crippen molar-refractivity contribution < 1.29 is 0 Å². The van der Waals surface area contributed by atoms with Gasteiger partial charge in [0.1, 0.15) is 0 Å². The van der Waals surface area contributed by atoms with Crippen LogP contribution in [0.5, 0.6) is 0 Å². The summed E-state index contributed by atoms with van der Waals surface area (Å²) in [4.78, 5) is 17.6. The zero-order valence-corrected chi connectivity index (χ0v) is 22.9. The highest BCUT2D eigenvalue weighted by Crippen LogP contribution is 2.28. The first-order valence-electron chi connectivity index (χ1n) is 14.4. The van der Waals surface area contributed by atoms with Crippen LogP contribution >= 0.6 is 0 Å². The molecule has 0 unspecified atom stereocenters. The van der Waals surface area contributed by atoms with E-state index in [1.807, 2.05) is 6.08 Å². The second-order valence-corrected chi connectivity index (χ2v) is 10.4. The summed E-state index contributed by atoms with van der Waals surface area (Å²) in [6, 6.07) is 10.9. The molecule has 5 rings (SSSR count). The minimum absolute atomic E-state index is 0.933. The normalized spacial score (nSPS) is 12.4. The van der Waals surface area contributed by atoms with Crippen molar-refractivity contribution in [2.45, 2.75) is 78.1 Å². The fraction of sp³-hybridized carbons (Fsp3) is 0.353. The number of rotatable bonds is 11. The molecule has 0 aromatic carbocycles.